The highest BCUT2D eigenvalue weighted by Crippen LogP contribution is 2.49. The molecule has 0 N–H and O–H groups in total. The van der Waals surface area contributed by atoms with Gasteiger partial charge in [-0.1, -0.05) is 0 Å². The molecule has 0 saturated carbocycles. The van der Waals surface area contributed by atoms with E-state index in [0.717, 1.165) is 0 Å². The lowest BCUT2D eigenvalue weighted by Crippen LogP contribution is -2.52. The number of rotatable bonds is 3. The molecule has 0 aliphatic heterocycles. The van der Waals surface area contributed by atoms with Crippen LogP contribution in [0.5, 0.6) is 0 Å². The van der Waals surface area contributed by atoms with E-state index in [0.29, 0.717) is 0 Å². The fourth-order valence-corrected chi connectivity index (χ4v) is 0.486. The maximum Gasteiger partial charge on any atom is 0.459 e. The van der Waals surface area contributed by atoms with E-state index in [-0.39, 0.29) is 0 Å². The first kappa shape index (κ1) is 13.4. The summed E-state index contributed by atoms with van der Waals surface area (Å²) in [6.07, 6.45) is -12.7. The van der Waals surface area contributed by atoms with Gasteiger partial charge in [-0.3, -0.25) is 0 Å². The molecule has 0 aromatic rings. The summed E-state index contributed by atoms with van der Waals surface area (Å²) in [7, 11) is 0. The Morgan fingerprint density at radius 2 is 1.14 bits per heavy atom. The molecule has 0 heterocycles. The standard InChI is InChI=1S/C5H2F9/c6-2(7)1-3(8,9)4(10,11)5(12,13)14/h1H2. The molecule has 0 aliphatic rings. The van der Waals surface area contributed by atoms with E-state index in [2.05, 4.69) is 0 Å². The molecule has 0 spiro atoms. The maximum absolute atomic E-state index is 12.0. The van der Waals surface area contributed by atoms with Gasteiger partial charge in [-0.2, -0.15) is 39.5 Å². The van der Waals surface area contributed by atoms with Crippen LogP contribution in [0, 0.1) is 6.43 Å². The summed E-state index contributed by atoms with van der Waals surface area (Å²) in [4.78, 5) is 0. The van der Waals surface area contributed by atoms with E-state index >= 15 is 0 Å². The van der Waals surface area contributed by atoms with E-state index in [1.165, 1.54) is 0 Å². The van der Waals surface area contributed by atoms with Crippen LogP contribution in [0.2, 0.25) is 0 Å². The average molecular weight is 233 g/mol. The molecule has 0 atom stereocenters. The third-order valence-corrected chi connectivity index (χ3v) is 1.17. The molecule has 0 rings (SSSR count). The first-order valence-corrected chi connectivity index (χ1v) is 2.91. The van der Waals surface area contributed by atoms with Crippen molar-refractivity contribution in [3.05, 3.63) is 6.43 Å². The lowest BCUT2D eigenvalue weighted by Gasteiger charge is -2.27. The van der Waals surface area contributed by atoms with Crippen molar-refractivity contribution in [2.24, 2.45) is 0 Å². The van der Waals surface area contributed by atoms with Gasteiger partial charge in [0, 0.05) is 0 Å². The van der Waals surface area contributed by atoms with Gasteiger partial charge >= 0.3 is 24.4 Å². The Morgan fingerprint density at radius 1 is 0.786 bits per heavy atom. The molecule has 0 saturated heterocycles. The molecule has 1 radical (unpaired) electrons. The fourth-order valence-electron chi connectivity index (χ4n) is 0.486. The summed E-state index contributed by atoms with van der Waals surface area (Å²) >= 11 is 0. The number of halogens is 9. The van der Waals surface area contributed by atoms with Gasteiger partial charge in [-0.15, -0.1) is 0 Å². The van der Waals surface area contributed by atoms with Crippen molar-refractivity contribution in [2.75, 3.05) is 0 Å². The molecule has 0 bridgehead atoms. The molecule has 0 aromatic heterocycles. The molecule has 0 aromatic carbocycles. The van der Waals surface area contributed by atoms with Crippen LogP contribution < -0.4 is 0 Å². The van der Waals surface area contributed by atoms with Gasteiger partial charge in [0.05, 0.1) is 6.42 Å². The smallest absolute Gasteiger partial charge is 0.200 e. The number of hydrogen-bond acceptors (Lipinski definition) is 0. The Balaban J connectivity index is 4.88. The fraction of sp³-hybridized carbons (Fsp3) is 0.800. The molecule has 14 heavy (non-hydrogen) atoms. The van der Waals surface area contributed by atoms with Crippen LogP contribution in [0.4, 0.5) is 39.5 Å². The average Bonchev–Trinajstić information content (AvgIpc) is 1.80. The number of alkyl halides is 7. The monoisotopic (exact) mass is 233 g/mol. The second kappa shape index (κ2) is 3.50. The van der Waals surface area contributed by atoms with Gasteiger partial charge in [0.25, 0.3) is 0 Å². The van der Waals surface area contributed by atoms with Crippen LogP contribution in [0.25, 0.3) is 0 Å². The van der Waals surface area contributed by atoms with Gasteiger partial charge in [-0.25, -0.2) is 0 Å². The lowest BCUT2D eigenvalue weighted by molar-refractivity contribution is -0.356. The van der Waals surface area contributed by atoms with Crippen LogP contribution in [-0.2, 0) is 0 Å². The quantitative estimate of drug-likeness (QED) is 0.653. The summed E-state index contributed by atoms with van der Waals surface area (Å²) in [6, 6.07) is 0. The predicted octanol–water partition coefficient (Wildman–Crippen LogP) is 3.64. The lowest BCUT2D eigenvalue weighted by atomic mass is 10.1. The highest BCUT2D eigenvalue weighted by molar-refractivity contribution is 4.93. The van der Waals surface area contributed by atoms with Crippen LogP contribution in [0.15, 0.2) is 0 Å². The van der Waals surface area contributed by atoms with Crippen LogP contribution in [-0.4, -0.2) is 18.0 Å². The normalized spacial score (nSPS) is 15.0. The van der Waals surface area contributed by atoms with Crippen LogP contribution >= 0.6 is 0 Å². The molecular weight excluding hydrogens is 231 g/mol. The maximum atomic E-state index is 12.0. The highest BCUT2D eigenvalue weighted by Gasteiger charge is 2.73. The Hall–Kier alpha value is -0.630. The zero-order valence-corrected chi connectivity index (χ0v) is 6.11. The molecule has 0 fully saturated rings. The van der Waals surface area contributed by atoms with E-state index in [9.17, 15) is 39.5 Å². The van der Waals surface area contributed by atoms with Gasteiger partial charge < -0.3 is 0 Å². The third-order valence-electron chi connectivity index (χ3n) is 1.17. The Bertz CT molecular complexity index is 190. The molecule has 0 amide bonds. The van der Waals surface area contributed by atoms with Crippen LogP contribution in [0.3, 0.4) is 0 Å². The molecule has 0 unspecified atom stereocenters. The van der Waals surface area contributed by atoms with Crippen molar-refractivity contribution in [1.29, 1.82) is 0 Å². The molecule has 0 nitrogen and oxygen atoms in total. The zero-order chi connectivity index (χ0) is 11.8. The molecule has 85 valence electrons. The minimum Gasteiger partial charge on any atom is -0.200 e. The van der Waals surface area contributed by atoms with Crippen molar-refractivity contribution in [1.82, 2.24) is 0 Å². The highest BCUT2D eigenvalue weighted by atomic mass is 19.4. The molecule has 9 heteroatoms. The minimum atomic E-state index is -6.56. The van der Waals surface area contributed by atoms with Crippen molar-refractivity contribution in [3.8, 4) is 0 Å². The minimum absolute atomic E-state index is 2.92. The van der Waals surface area contributed by atoms with Crippen molar-refractivity contribution < 1.29 is 39.5 Å². The van der Waals surface area contributed by atoms with Crippen molar-refractivity contribution >= 4 is 0 Å². The first-order chi connectivity index (χ1) is 5.92. The summed E-state index contributed by atoms with van der Waals surface area (Å²) in [6.45, 7) is 0. The largest absolute Gasteiger partial charge is 0.459 e. The summed E-state index contributed by atoms with van der Waals surface area (Å²) < 4.78 is 104. The molecule has 0 aliphatic carbocycles. The van der Waals surface area contributed by atoms with E-state index in [4.69, 9.17) is 0 Å². The third kappa shape index (κ3) is 2.44. The van der Waals surface area contributed by atoms with Gasteiger partial charge in [0.15, 0.2) is 0 Å². The summed E-state index contributed by atoms with van der Waals surface area (Å²) in [5.74, 6) is -12.3. The summed E-state index contributed by atoms with van der Waals surface area (Å²) in [5.41, 5.74) is 0. The Morgan fingerprint density at radius 3 is 1.36 bits per heavy atom. The van der Waals surface area contributed by atoms with Gasteiger partial charge in [-0.05, 0) is 0 Å². The second-order valence-corrected chi connectivity index (χ2v) is 2.29. The van der Waals surface area contributed by atoms with E-state index < -0.39 is 30.9 Å². The van der Waals surface area contributed by atoms with Crippen molar-refractivity contribution in [2.45, 2.75) is 24.4 Å². The topological polar surface area (TPSA) is 0 Å². The Labute approximate surface area is 71.7 Å². The van der Waals surface area contributed by atoms with Crippen molar-refractivity contribution in [3.63, 3.8) is 0 Å². The van der Waals surface area contributed by atoms with E-state index in [1.807, 2.05) is 0 Å². The predicted molar refractivity (Wildman–Crippen MR) is 26.0 cm³/mol. The molecular formula is C5H2F9. The second-order valence-electron chi connectivity index (χ2n) is 2.29. The number of hydrogen-bond donors (Lipinski definition) is 0. The SMILES string of the molecule is F[C](F)CC(F)(F)C(F)(F)C(F)(F)F. The zero-order valence-electron chi connectivity index (χ0n) is 6.11. The Kier molecular flexibility index (Phi) is 3.34. The van der Waals surface area contributed by atoms with Gasteiger partial charge in [0.1, 0.15) is 0 Å². The van der Waals surface area contributed by atoms with Gasteiger partial charge in [0.2, 0.25) is 0 Å². The summed E-state index contributed by atoms with van der Waals surface area (Å²) in [5, 5.41) is 0. The van der Waals surface area contributed by atoms with Crippen LogP contribution in [0.1, 0.15) is 6.42 Å². The first-order valence-electron chi connectivity index (χ1n) is 2.91. The van der Waals surface area contributed by atoms with E-state index in [1.54, 1.807) is 0 Å².